The Morgan fingerprint density at radius 2 is 1.88 bits per heavy atom. The highest BCUT2D eigenvalue weighted by Crippen LogP contribution is 2.50. The Morgan fingerprint density at radius 3 is 2.60 bits per heavy atom. The van der Waals surface area contributed by atoms with Gasteiger partial charge in [0.2, 0.25) is 12.7 Å². The molecule has 128 valence electrons. The molecular formula is C19H16ClNO4. The molecule has 5 nitrogen and oxygen atoms in total. The Kier molecular flexibility index (Phi) is 3.88. The summed E-state index contributed by atoms with van der Waals surface area (Å²) >= 11 is 6.21. The van der Waals surface area contributed by atoms with Gasteiger partial charge in [0, 0.05) is 22.6 Å². The number of rotatable bonds is 4. The van der Waals surface area contributed by atoms with Crippen LogP contribution in [0.1, 0.15) is 35.2 Å². The third-order valence-electron chi connectivity index (χ3n) is 4.58. The van der Waals surface area contributed by atoms with E-state index in [1.807, 2.05) is 24.3 Å². The number of fused-ring (bicyclic) bond motifs is 1. The summed E-state index contributed by atoms with van der Waals surface area (Å²) in [7, 11) is 0. The van der Waals surface area contributed by atoms with Crippen molar-refractivity contribution < 1.29 is 19.1 Å². The van der Waals surface area contributed by atoms with Gasteiger partial charge in [0.25, 0.3) is 0 Å². The molecule has 0 radical (unpaired) electrons. The molecule has 2 aliphatic rings. The van der Waals surface area contributed by atoms with Crippen LogP contribution in [0.25, 0.3) is 0 Å². The average Bonchev–Trinajstić information content (AvgIpc) is 3.25. The van der Waals surface area contributed by atoms with Crippen molar-refractivity contribution in [3.63, 3.8) is 0 Å². The Hall–Kier alpha value is -2.53. The molecule has 2 aromatic carbocycles. The first-order chi connectivity index (χ1) is 12.0. The summed E-state index contributed by atoms with van der Waals surface area (Å²) in [5.74, 6) is 0.745. The van der Waals surface area contributed by atoms with Crippen molar-refractivity contribution in [2.24, 2.45) is 5.92 Å². The summed E-state index contributed by atoms with van der Waals surface area (Å²) in [6.45, 7) is 1.57. The minimum atomic E-state index is -0.148. The SMILES string of the molecule is CC(=O)c1cc2c(cc1NC(=O)[C@H]1C[C@H]1c1ccccc1Cl)OCO2. The molecule has 1 amide bonds. The van der Waals surface area contributed by atoms with E-state index in [2.05, 4.69) is 5.32 Å². The maximum absolute atomic E-state index is 12.6. The fourth-order valence-electron chi connectivity index (χ4n) is 3.17. The number of carbonyl (C=O) groups excluding carboxylic acids is 2. The van der Waals surface area contributed by atoms with Crippen molar-refractivity contribution in [3.8, 4) is 11.5 Å². The van der Waals surface area contributed by atoms with Gasteiger partial charge in [0.1, 0.15) is 0 Å². The molecule has 1 aliphatic heterocycles. The third-order valence-corrected chi connectivity index (χ3v) is 4.93. The molecule has 0 bridgehead atoms. The number of anilines is 1. The van der Waals surface area contributed by atoms with E-state index in [4.69, 9.17) is 21.1 Å². The number of ether oxygens (including phenoxy) is 2. The van der Waals surface area contributed by atoms with Gasteiger partial charge in [-0.15, -0.1) is 0 Å². The van der Waals surface area contributed by atoms with E-state index in [1.165, 1.54) is 6.92 Å². The Labute approximate surface area is 149 Å². The van der Waals surface area contributed by atoms with Gasteiger partial charge in [0.15, 0.2) is 17.3 Å². The second-order valence-electron chi connectivity index (χ2n) is 6.27. The highest BCUT2D eigenvalue weighted by Gasteiger charge is 2.45. The van der Waals surface area contributed by atoms with Gasteiger partial charge in [-0.1, -0.05) is 29.8 Å². The molecule has 2 atom stereocenters. The number of benzene rings is 2. The second kappa shape index (κ2) is 6.08. The van der Waals surface area contributed by atoms with Crippen LogP contribution >= 0.6 is 11.6 Å². The van der Waals surface area contributed by atoms with E-state index in [0.717, 1.165) is 12.0 Å². The van der Waals surface area contributed by atoms with Crippen LogP contribution < -0.4 is 14.8 Å². The molecule has 1 fully saturated rings. The normalized spacial score (nSPS) is 20.2. The van der Waals surface area contributed by atoms with Crippen LogP contribution in [0.4, 0.5) is 5.69 Å². The first kappa shape index (κ1) is 16.0. The lowest BCUT2D eigenvalue weighted by Gasteiger charge is -2.11. The van der Waals surface area contributed by atoms with E-state index in [9.17, 15) is 9.59 Å². The first-order valence-corrected chi connectivity index (χ1v) is 8.42. The summed E-state index contributed by atoms with van der Waals surface area (Å²) in [5, 5.41) is 3.54. The third kappa shape index (κ3) is 2.96. The van der Waals surface area contributed by atoms with Crippen LogP contribution in [-0.4, -0.2) is 18.5 Å². The molecule has 1 aliphatic carbocycles. The fraction of sp³-hybridized carbons (Fsp3) is 0.263. The summed E-state index contributed by atoms with van der Waals surface area (Å²) in [6.07, 6.45) is 0.746. The minimum Gasteiger partial charge on any atom is -0.454 e. The van der Waals surface area contributed by atoms with Gasteiger partial charge < -0.3 is 14.8 Å². The van der Waals surface area contributed by atoms with Gasteiger partial charge in [-0.05, 0) is 37.0 Å². The van der Waals surface area contributed by atoms with E-state index in [0.29, 0.717) is 27.8 Å². The van der Waals surface area contributed by atoms with Gasteiger partial charge in [-0.2, -0.15) is 0 Å². The van der Waals surface area contributed by atoms with Crippen molar-refractivity contribution in [3.05, 3.63) is 52.5 Å². The zero-order valence-electron chi connectivity index (χ0n) is 13.5. The lowest BCUT2D eigenvalue weighted by atomic mass is 10.1. The lowest BCUT2D eigenvalue weighted by molar-refractivity contribution is -0.117. The molecule has 4 rings (SSSR count). The molecule has 2 aromatic rings. The van der Waals surface area contributed by atoms with E-state index in [1.54, 1.807) is 12.1 Å². The van der Waals surface area contributed by atoms with Gasteiger partial charge in [-0.25, -0.2) is 0 Å². The zero-order valence-corrected chi connectivity index (χ0v) is 14.3. The van der Waals surface area contributed by atoms with Crippen molar-refractivity contribution in [1.82, 2.24) is 0 Å². The highest BCUT2D eigenvalue weighted by atomic mass is 35.5. The molecule has 1 N–H and O–H groups in total. The molecule has 6 heteroatoms. The number of halogens is 1. The summed E-state index contributed by atoms with van der Waals surface area (Å²) in [4.78, 5) is 24.5. The topological polar surface area (TPSA) is 64.6 Å². The number of hydrogen-bond donors (Lipinski definition) is 1. The largest absolute Gasteiger partial charge is 0.454 e. The van der Waals surface area contributed by atoms with Gasteiger partial charge >= 0.3 is 0 Å². The van der Waals surface area contributed by atoms with E-state index in [-0.39, 0.29) is 30.3 Å². The summed E-state index contributed by atoms with van der Waals surface area (Å²) in [5.41, 5.74) is 1.85. The molecule has 0 spiro atoms. The quantitative estimate of drug-likeness (QED) is 0.839. The molecular weight excluding hydrogens is 342 g/mol. The predicted molar refractivity (Wildman–Crippen MR) is 93.5 cm³/mol. The Bertz CT molecular complexity index is 880. The smallest absolute Gasteiger partial charge is 0.231 e. The van der Waals surface area contributed by atoms with Gasteiger partial charge in [0.05, 0.1) is 5.69 Å². The van der Waals surface area contributed by atoms with Crippen LogP contribution in [0.2, 0.25) is 5.02 Å². The van der Waals surface area contributed by atoms with Crippen molar-refractivity contribution in [1.29, 1.82) is 0 Å². The number of amides is 1. The van der Waals surface area contributed by atoms with Crippen LogP contribution in [0.5, 0.6) is 11.5 Å². The molecule has 1 heterocycles. The van der Waals surface area contributed by atoms with E-state index < -0.39 is 0 Å². The summed E-state index contributed by atoms with van der Waals surface area (Å²) in [6, 6.07) is 10.8. The minimum absolute atomic E-state index is 0.112. The number of ketones is 1. The molecule has 0 saturated heterocycles. The molecule has 1 saturated carbocycles. The van der Waals surface area contributed by atoms with Crippen LogP contribution in [-0.2, 0) is 4.79 Å². The Balaban J connectivity index is 1.54. The highest BCUT2D eigenvalue weighted by molar-refractivity contribution is 6.31. The lowest BCUT2D eigenvalue weighted by Crippen LogP contribution is -2.16. The number of hydrogen-bond acceptors (Lipinski definition) is 4. The monoisotopic (exact) mass is 357 g/mol. The Morgan fingerprint density at radius 1 is 1.16 bits per heavy atom. The first-order valence-electron chi connectivity index (χ1n) is 8.04. The maximum Gasteiger partial charge on any atom is 0.231 e. The molecule has 0 aromatic heterocycles. The fourth-order valence-corrected chi connectivity index (χ4v) is 3.44. The van der Waals surface area contributed by atoms with Crippen molar-refractivity contribution in [2.75, 3.05) is 12.1 Å². The maximum atomic E-state index is 12.6. The van der Waals surface area contributed by atoms with Crippen LogP contribution in [0.15, 0.2) is 36.4 Å². The van der Waals surface area contributed by atoms with E-state index >= 15 is 0 Å². The van der Waals surface area contributed by atoms with Crippen molar-refractivity contribution >= 4 is 29.0 Å². The predicted octanol–water partition coefficient (Wildman–Crippen LogP) is 4.01. The number of Topliss-reactive ketones (excluding diaryl/α,β-unsaturated/α-hetero) is 1. The summed E-state index contributed by atoms with van der Waals surface area (Å²) < 4.78 is 10.6. The zero-order chi connectivity index (χ0) is 17.6. The van der Waals surface area contributed by atoms with Crippen molar-refractivity contribution in [2.45, 2.75) is 19.3 Å². The molecule has 0 unspecified atom stereocenters. The van der Waals surface area contributed by atoms with Crippen LogP contribution in [0, 0.1) is 5.92 Å². The van der Waals surface area contributed by atoms with Gasteiger partial charge in [-0.3, -0.25) is 9.59 Å². The standard InChI is InChI=1S/C19H16ClNO4/c1-10(22)12-7-17-18(25-9-24-17)8-16(12)21-19(23)14-6-13(14)11-4-2-3-5-15(11)20/h2-5,7-8,13-14H,6,9H2,1H3,(H,21,23)/t13-,14-/m0/s1. The second-order valence-corrected chi connectivity index (χ2v) is 6.67. The molecule has 25 heavy (non-hydrogen) atoms. The number of nitrogens with one attached hydrogen (secondary N) is 1. The van der Waals surface area contributed by atoms with Crippen LogP contribution in [0.3, 0.4) is 0 Å². The average molecular weight is 358 g/mol. The number of carbonyl (C=O) groups is 2.